The Morgan fingerprint density at radius 3 is 2.56 bits per heavy atom. The molecule has 2 heterocycles. The SMILES string of the molecule is CC(=O)OCC(=O)[C@@]12OC(C)(C)OC1C[C@H]1[C@@H]3C[C@H](F)C4=CC(=O)C=C[C@]4(C)[C@@]34O[C@H]4C[C@@]12C. The number of allylic oxidation sites excluding steroid dienone is 2. The lowest BCUT2D eigenvalue weighted by Gasteiger charge is -2.56. The molecule has 1 spiro atoms. The van der Waals surface area contributed by atoms with Gasteiger partial charge in [-0.3, -0.25) is 14.4 Å². The van der Waals surface area contributed by atoms with Gasteiger partial charge >= 0.3 is 5.97 Å². The van der Waals surface area contributed by atoms with Crippen LogP contribution in [-0.4, -0.2) is 59.5 Å². The average molecular weight is 475 g/mol. The molecule has 4 aliphatic carbocycles. The summed E-state index contributed by atoms with van der Waals surface area (Å²) in [5, 5.41) is 0. The molecule has 0 aromatic rings. The lowest BCUT2D eigenvalue weighted by atomic mass is 9.46. The van der Waals surface area contributed by atoms with Gasteiger partial charge in [-0.15, -0.1) is 0 Å². The highest BCUT2D eigenvalue weighted by molar-refractivity contribution is 6.01. The zero-order valence-electron chi connectivity index (χ0n) is 20.2. The number of esters is 1. The summed E-state index contributed by atoms with van der Waals surface area (Å²) in [6, 6.07) is 0. The van der Waals surface area contributed by atoms with E-state index >= 15 is 4.39 Å². The van der Waals surface area contributed by atoms with Crippen molar-refractivity contribution < 1.29 is 37.7 Å². The molecular formula is C26H31FO7. The maximum absolute atomic E-state index is 15.7. The van der Waals surface area contributed by atoms with Gasteiger partial charge in [0.1, 0.15) is 11.8 Å². The van der Waals surface area contributed by atoms with E-state index in [1.807, 2.05) is 19.9 Å². The number of hydrogen-bond donors (Lipinski definition) is 0. The molecule has 0 aromatic carbocycles. The minimum atomic E-state index is -1.31. The van der Waals surface area contributed by atoms with E-state index in [-0.39, 0.29) is 35.9 Å². The van der Waals surface area contributed by atoms with Gasteiger partial charge < -0.3 is 18.9 Å². The van der Waals surface area contributed by atoms with Crippen molar-refractivity contribution in [2.75, 3.05) is 6.61 Å². The largest absolute Gasteiger partial charge is 0.458 e. The Kier molecular flexibility index (Phi) is 4.28. The van der Waals surface area contributed by atoms with E-state index in [0.717, 1.165) is 0 Å². The summed E-state index contributed by atoms with van der Waals surface area (Å²) in [4.78, 5) is 37.2. The van der Waals surface area contributed by atoms with E-state index in [4.69, 9.17) is 18.9 Å². The number of fused-ring (bicyclic) bond motifs is 5. The molecule has 0 aromatic heterocycles. The zero-order chi connectivity index (χ0) is 24.5. The number of alkyl halides is 1. The second kappa shape index (κ2) is 6.45. The van der Waals surface area contributed by atoms with Crippen molar-refractivity contribution in [3.63, 3.8) is 0 Å². The molecule has 0 amide bonds. The summed E-state index contributed by atoms with van der Waals surface area (Å²) in [5.74, 6) is -2.31. The molecular weight excluding hydrogens is 443 g/mol. The molecule has 6 aliphatic rings. The topological polar surface area (TPSA) is 91.4 Å². The minimum Gasteiger partial charge on any atom is -0.458 e. The second-order valence-corrected chi connectivity index (χ2v) is 11.8. The van der Waals surface area contributed by atoms with E-state index < -0.39 is 52.7 Å². The Balaban J connectivity index is 1.43. The average Bonchev–Trinajstić information content (AvgIpc) is 3.32. The highest BCUT2D eigenvalue weighted by atomic mass is 19.1. The Labute approximate surface area is 198 Å². The van der Waals surface area contributed by atoms with E-state index in [1.54, 1.807) is 13.8 Å². The first-order chi connectivity index (χ1) is 15.8. The van der Waals surface area contributed by atoms with Gasteiger partial charge in [0.25, 0.3) is 0 Å². The summed E-state index contributed by atoms with van der Waals surface area (Å²) in [5.41, 5.74) is -2.84. The summed E-state index contributed by atoms with van der Waals surface area (Å²) in [6.45, 7) is 8.44. The van der Waals surface area contributed by atoms with Gasteiger partial charge in [0.2, 0.25) is 5.78 Å². The standard InChI is InChI=1S/C26H31FO7/c1-13(28)31-12-19(30)26-20(32-22(2,3)34-26)10-15-16-9-18(27)17-8-14(29)6-7-23(17,4)25(16)21(33-25)11-24(15,26)5/h6-8,15-16,18,20-21H,9-12H2,1-5H3/t15-,16-,18-,20?,21-,23-,24-,25+,26+/m0/s1. The third-order valence-corrected chi connectivity index (χ3v) is 9.73. The van der Waals surface area contributed by atoms with Gasteiger partial charge in [-0.05, 0) is 69.6 Å². The summed E-state index contributed by atoms with van der Waals surface area (Å²) < 4.78 is 40.0. The van der Waals surface area contributed by atoms with E-state index in [9.17, 15) is 14.4 Å². The molecule has 2 saturated heterocycles. The highest BCUT2D eigenvalue weighted by Gasteiger charge is 2.85. The normalized spacial score (nSPS) is 51.4. The molecule has 7 nitrogen and oxygen atoms in total. The fourth-order valence-corrected chi connectivity index (χ4v) is 8.51. The van der Waals surface area contributed by atoms with Gasteiger partial charge in [0.15, 0.2) is 23.8 Å². The van der Waals surface area contributed by atoms with Crippen molar-refractivity contribution in [3.8, 4) is 0 Å². The van der Waals surface area contributed by atoms with Crippen molar-refractivity contribution >= 4 is 17.5 Å². The Bertz CT molecular complexity index is 1080. The van der Waals surface area contributed by atoms with Crippen molar-refractivity contribution in [1.82, 2.24) is 0 Å². The first kappa shape index (κ1) is 22.6. The second-order valence-electron chi connectivity index (χ2n) is 11.8. The number of ketones is 2. The van der Waals surface area contributed by atoms with Crippen LogP contribution in [0.5, 0.6) is 0 Å². The van der Waals surface area contributed by atoms with Gasteiger partial charge in [0.05, 0.1) is 12.2 Å². The Morgan fingerprint density at radius 1 is 1.12 bits per heavy atom. The van der Waals surface area contributed by atoms with Crippen LogP contribution in [0.25, 0.3) is 0 Å². The van der Waals surface area contributed by atoms with Crippen molar-refractivity contribution in [2.24, 2.45) is 22.7 Å². The van der Waals surface area contributed by atoms with E-state index in [0.29, 0.717) is 18.4 Å². The molecule has 3 saturated carbocycles. The molecule has 9 atom stereocenters. The van der Waals surface area contributed by atoms with Crippen LogP contribution >= 0.6 is 0 Å². The number of carbonyl (C=O) groups excluding carboxylic acids is 3. The maximum Gasteiger partial charge on any atom is 0.303 e. The van der Waals surface area contributed by atoms with Crippen LogP contribution in [0.4, 0.5) is 4.39 Å². The zero-order valence-corrected chi connectivity index (χ0v) is 20.2. The fraction of sp³-hybridized carbons (Fsp3) is 0.731. The molecule has 8 heteroatoms. The highest BCUT2D eigenvalue weighted by Crippen LogP contribution is 2.77. The number of epoxide rings is 1. The van der Waals surface area contributed by atoms with Gasteiger partial charge in [-0.25, -0.2) is 4.39 Å². The van der Waals surface area contributed by atoms with Crippen molar-refractivity contribution in [2.45, 2.75) is 89.2 Å². The molecule has 2 aliphatic heterocycles. The van der Waals surface area contributed by atoms with Gasteiger partial charge in [-0.2, -0.15) is 0 Å². The summed E-state index contributed by atoms with van der Waals surface area (Å²) >= 11 is 0. The fourth-order valence-electron chi connectivity index (χ4n) is 8.51. The molecule has 6 rings (SSSR count). The first-order valence-electron chi connectivity index (χ1n) is 12.1. The van der Waals surface area contributed by atoms with Crippen LogP contribution in [0.3, 0.4) is 0 Å². The van der Waals surface area contributed by atoms with Crippen LogP contribution in [-0.2, 0) is 33.3 Å². The monoisotopic (exact) mass is 474 g/mol. The molecule has 5 fully saturated rings. The quantitative estimate of drug-likeness (QED) is 0.459. The first-order valence-corrected chi connectivity index (χ1v) is 12.1. The number of ether oxygens (including phenoxy) is 4. The Morgan fingerprint density at radius 2 is 1.85 bits per heavy atom. The van der Waals surface area contributed by atoms with Gasteiger partial charge in [0, 0.05) is 17.8 Å². The predicted molar refractivity (Wildman–Crippen MR) is 116 cm³/mol. The third-order valence-electron chi connectivity index (χ3n) is 9.73. The summed E-state index contributed by atoms with van der Waals surface area (Å²) in [6.07, 6.45) is 4.06. The van der Waals surface area contributed by atoms with E-state index in [1.165, 1.54) is 19.1 Å². The van der Waals surface area contributed by atoms with Crippen LogP contribution in [0.15, 0.2) is 23.8 Å². The van der Waals surface area contributed by atoms with Crippen LogP contribution in [0.2, 0.25) is 0 Å². The number of rotatable bonds is 3. The molecule has 34 heavy (non-hydrogen) atoms. The van der Waals surface area contributed by atoms with Crippen LogP contribution < -0.4 is 0 Å². The molecule has 0 radical (unpaired) electrons. The predicted octanol–water partition coefficient (Wildman–Crippen LogP) is 3.01. The van der Waals surface area contributed by atoms with Crippen molar-refractivity contribution in [1.29, 1.82) is 0 Å². The summed E-state index contributed by atoms with van der Waals surface area (Å²) in [7, 11) is 0. The van der Waals surface area contributed by atoms with Crippen LogP contribution in [0.1, 0.15) is 53.9 Å². The molecule has 0 bridgehead atoms. The number of hydrogen-bond acceptors (Lipinski definition) is 7. The van der Waals surface area contributed by atoms with Crippen LogP contribution in [0, 0.1) is 22.7 Å². The maximum atomic E-state index is 15.7. The Hall–Kier alpha value is -1.90. The lowest BCUT2D eigenvalue weighted by molar-refractivity contribution is -0.212. The smallest absolute Gasteiger partial charge is 0.303 e. The van der Waals surface area contributed by atoms with E-state index in [2.05, 4.69) is 0 Å². The number of Topliss-reactive ketones (excluding diaryl/α,β-unsaturated/α-hetero) is 1. The lowest BCUT2D eigenvalue weighted by Crippen LogP contribution is -2.64. The molecule has 1 unspecified atom stereocenters. The molecule has 184 valence electrons. The minimum absolute atomic E-state index is 0.101. The number of halogens is 1. The number of carbonyl (C=O) groups is 3. The van der Waals surface area contributed by atoms with Crippen molar-refractivity contribution in [3.05, 3.63) is 23.8 Å². The third kappa shape index (κ3) is 2.45. The molecule has 0 N–H and O–H groups in total. The van der Waals surface area contributed by atoms with Gasteiger partial charge in [-0.1, -0.05) is 13.0 Å².